The first-order valence-corrected chi connectivity index (χ1v) is 11.2. The Kier molecular flexibility index (Phi) is 10.1. The zero-order valence-corrected chi connectivity index (χ0v) is 20.7. The van der Waals surface area contributed by atoms with Gasteiger partial charge in [0.2, 0.25) is 5.91 Å². The van der Waals surface area contributed by atoms with E-state index in [1.807, 2.05) is 11.8 Å². The minimum atomic E-state index is -0.521. The number of aryl methyl sites for hydroxylation is 1. The van der Waals surface area contributed by atoms with Crippen molar-refractivity contribution in [3.05, 3.63) is 58.7 Å². The van der Waals surface area contributed by atoms with Crippen LogP contribution in [0.5, 0.6) is 5.75 Å². The van der Waals surface area contributed by atoms with Crippen molar-refractivity contribution in [2.45, 2.75) is 33.1 Å². The fourth-order valence-electron chi connectivity index (χ4n) is 3.82. The van der Waals surface area contributed by atoms with Gasteiger partial charge in [0.15, 0.2) is 6.61 Å². The third-order valence-electron chi connectivity index (χ3n) is 5.51. The molecule has 2 aromatic carbocycles. The summed E-state index contributed by atoms with van der Waals surface area (Å²) >= 11 is 0. The second kappa shape index (κ2) is 12.8. The molecule has 0 atom stereocenters. The highest BCUT2D eigenvalue weighted by atomic mass is 35.5. The van der Waals surface area contributed by atoms with Crippen LogP contribution in [0.3, 0.4) is 0 Å². The highest BCUT2D eigenvalue weighted by Gasteiger charge is 2.21. The van der Waals surface area contributed by atoms with Crippen LogP contribution in [0.1, 0.15) is 46.8 Å². The topological polar surface area (TPSA) is 135 Å². The van der Waals surface area contributed by atoms with Crippen LogP contribution in [0.15, 0.2) is 36.4 Å². The summed E-state index contributed by atoms with van der Waals surface area (Å²) in [4.78, 5) is 39.0. The van der Waals surface area contributed by atoms with E-state index in [-0.39, 0.29) is 49.7 Å². The van der Waals surface area contributed by atoms with E-state index in [4.69, 9.17) is 20.6 Å². The molecule has 1 aliphatic heterocycles. The smallest absolute Gasteiger partial charge is 0.344 e. The number of esters is 1. The monoisotopic (exact) mass is 502 g/mol. The first kappa shape index (κ1) is 27.7. The Bertz CT molecular complexity index is 1100. The molecule has 9 nitrogen and oxygen atoms in total. The SMILES string of the molecule is CCOC(=O)COc1ccc(C(=N)N)cc1CC(=O)Nc1ccc(C(=O)N2CCCC2)c(C)c1.Cl. The average Bonchev–Trinajstić information content (AvgIpc) is 3.33. The Labute approximate surface area is 210 Å². The van der Waals surface area contributed by atoms with Gasteiger partial charge in [-0.1, -0.05) is 0 Å². The lowest BCUT2D eigenvalue weighted by Crippen LogP contribution is -2.28. The van der Waals surface area contributed by atoms with Crippen molar-refractivity contribution in [2.75, 3.05) is 31.6 Å². The number of carbonyl (C=O) groups excluding carboxylic acids is 3. The Balaban J connectivity index is 0.00000432. The van der Waals surface area contributed by atoms with Crippen LogP contribution < -0.4 is 15.8 Å². The summed E-state index contributed by atoms with van der Waals surface area (Å²) in [7, 11) is 0. The summed E-state index contributed by atoms with van der Waals surface area (Å²) < 4.78 is 10.4. The van der Waals surface area contributed by atoms with E-state index in [1.165, 1.54) is 0 Å². The van der Waals surface area contributed by atoms with Crippen LogP contribution >= 0.6 is 12.4 Å². The predicted octanol–water partition coefficient (Wildman–Crippen LogP) is 3.06. The predicted molar refractivity (Wildman–Crippen MR) is 135 cm³/mol. The van der Waals surface area contributed by atoms with Crippen molar-refractivity contribution >= 4 is 41.7 Å². The molecular weight excluding hydrogens is 472 g/mol. The summed E-state index contributed by atoms with van der Waals surface area (Å²) in [6, 6.07) is 9.95. The Hall–Kier alpha value is -3.59. The van der Waals surface area contributed by atoms with Crippen molar-refractivity contribution in [3.8, 4) is 5.75 Å². The molecule has 2 amide bonds. The number of hydrogen-bond acceptors (Lipinski definition) is 6. The summed E-state index contributed by atoms with van der Waals surface area (Å²) in [6.45, 7) is 5.03. The number of likely N-dealkylation sites (tertiary alicyclic amines) is 1. The number of benzene rings is 2. The Morgan fingerprint density at radius 1 is 1.11 bits per heavy atom. The minimum Gasteiger partial charge on any atom is -0.482 e. The maximum atomic E-state index is 12.8. The number of amidine groups is 1. The molecule has 2 aromatic rings. The molecular formula is C25H31ClN4O5. The third-order valence-corrected chi connectivity index (χ3v) is 5.51. The van der Waals surface area contributed by atoms with Crippen molar-refractivity contribution in [1.29, 1.82) is 5.41 Å². The quantitative estimate of drug-likeness (QED) is 0.274. The molecule has 0 bridgehead atoms. The average molecular weight is 503 g/mol. The van der Waals surface area contributed by atoms with Gasteiger partial charge in [-0.25, -0.2) is 4.79 Å². The number of carbonyl (C=O) groups is 3. The molecule has 0 aromatic heterocycles. The lowest BCUT2D eigenvalue weighted by atomic mass is 10.0. The van der Waals surface area contributed by atoms with Crippen molar-refractivity contribution in [2.24, 2.45) is 5.73 Å². The Morgan fingerprint density at radius 3 is 2.46 bits per heavy atom. The number of ether oxygens (including phenoxy) is 2. The van der Waals surface area contributed by atoms with E-state index >= 15 is 0 Å². The molecule has 0 saturated carbocycles. The molecule has 1 heterocycles. The van der Waals surface area contributed by atoms with Crippen LogP contribution in [0.4, 0.5) is 5.69 Å². The van der Waals surface area contributed by atoms with E-state index in [0.717, 1.165) is 31.5 Å². The van der Waals surface area contributed by atoms with E-state index in [2.05, 4.69) is 5.32 Å². The molecule has 0 radical (unpaired) electrons. The zero-order chi connectivity index (χ0) is 24.7. The van der Waals surface area contributed by atoms with Gasteiger partial charge in [-0.2, -0.15) is 0 Å². The maximum absolute atomic E-state index is 12.8. The molecule has 1 aliphatic rings. The first-order valence-electron chi connectivity index (χ1n) is 11.2. The molecule has 3 rings (SSSR count). The van der Waals surface area contributed by atoms with Crippen molar-refractivity contribution < 1.29 is 23.9 Å². The van der Waals surface area contributed by atoms with Gasteiger partial charge in [0.05, 0.1) is 13.0 Å². The normalized spacial score (nSPS) is 12.5. The maximum Gasteiger partial charge on any atom is 0.344 e. The van der Waals surface area contributed by atoms with Gasteiger partial charge in [0, 0.05) is 35.5 Å². The molecule has 10 heteroatoms. The highest BCUT2D eigenvalue weighted by molar-refractivity contribution is 5.98. The van der Waals surface area contributed by atoms with Gasteiger partial charge < -0.3 is 25.4 Å². The lowest BCUT2D eigenvalue weighted by Gasteiger charge is -2.17. The van der Waals surface area contributed by atoms with Gasteiger partial charge in [-0.15, -0.1) is 12.4 Å². The largest absolute Gasteiger partial charge is 0.482 e. The number of nitrogens with zero attached hydrogens (tertiary/aromatic N) is 1. The number of rotatable bonds is 9. The van der Waals surface area contributed by atoms with Crippen molar-refractivity contribution in [1.82, 2.24) is 4.90 Å². The van der Waals surface area contributed by atoms with E-state index in [9.17, 15) is 14.4 Å². The standard InChI is InChI=1S/C25H30N4O5.ClH/c1-3-33-23(31)15-34-21-9-6-17(24(26)27)13-18(21)14-22(30)28-19-7-8-20(16(2)12-19)25(32)29-10-4-5-11-29;/h6-9,12-13H,3-5,10-11,14-15H2,1-2H3,(H3,26,27)(H,28,30);1H. The number of nitrogen functional groups attached to an aromatic ring is 1. The third kappa shape index (κ3) is 7.45. The van der Waals surface area contributed by atoms with Crippen LogP contribution in [-0.2, 0) is 20.7 Å². The molecule has 4 N–H and O–H groups in total. The molecule has 188 valence electrons. The summed E-state index contributed by atoms with van der Waals surface area (Å²) in [5.41, 5.74) is 8.48. The number of nitrogens with two attached hydrogens (primary N) is 1. The lowest BCUT2D eigenvalue weighted by molar-refractivity contribution is -0.145. The summed E-state index contributed by atoms with van der Waals surface area (Å²) in [5, 5.41) is 10.5. The number of amides is 2. The summed E-state index contributed by atoms with van der Waals surface area (Å²) in [5.74, 6) is -0.645. The van der Waals surface area contributed by atoms with Crippen LogP contribution in [0.25, 0.3) is 0 Å². The molecule has 1 fully saturated rings. The van der Waals surface area contributed by atoms with Crippen LogP contribution in [0, 0.1) is 12.3 Å². The van der Waals surface area contributed by atoms with E-state index < -0.39 is 5.97 Å². The van der Waals surface area contributed by atoms with Crippen LogP contribution in [-0.4, -0.2) is 54.8 Å². The highest BCUT2D eigenvalue weighted by Crippen LogP contribution is 2.23. The van der Waals surface area contributed by atoms with E-state index in [0.29, 0.717) is 28.1 Å². The molecule has 35 heavy (non-hydrogen) atoms. The number of hydrogen-bond donors (Lipinski definition) is 3. The molecule has 0 spiro atoms. The zero-order valence-electron chi connectivity index (χ0n) is 19.9. The van der Waals surface area contributed by atoms with Crippen molar-refractivity contribution in [3.63, 3.8) is 0 Å². The van der Waals surface area contributed by atoms with E-state index in [1.54, 1.807) is 43.3 Å². The number of nitrogens with one attached hydrogen (secondary N) is 2. The second-order valence-corrected chi connectivity index (χ2v) is 8.08. The fourth-order valence-corrected chi connectivity index (χ4v) is 3.82. The number of anilines is 1. The fraction of sp³-hybridized carbons (Fsp3) is 0.360. The van der Waals surface area contributed by atoms with Gasteiger partial charge in [-0.05, 0) is 68.7 Å². The van der Waals surface area contributed by atoms with Gasteiger partial charge in [0.1, 0.15) is 11.6 Å². The summed E-state index contributed by atoms with van der Waals surface area (Å²) in [6.07, 6.45) is 1.98. The second-order valence-electron chi connectivity index (χ2n) is 8.08. The molecule has 0 aliphatic carbocycles. The van der Waals surface area contributed by atoms with Gasteiger partial charge in [0.25, 0.3) is 5.91 Å². The van der Waals surface area contributed by atoms with Gasteiger partial charge >= 0.3 is 5.97 Å². The molecule has 1 saturated heterocycles. The minimum absolute atomic E-state index is 0. The number of halogens is 1. The molecule has 0 unspecified atom stereocenters. The first-order chi connectivity index (χ1) is 16.3. The van der Waals surface area contributed by atoms with Crippen LogP contribution in [0.2, 0.25) is 0 Å². The van der Waals surface area contributed by atoms with Gasteiger partial charge in [-0.3, -0.25) is 15.0 Å². The Morgan fingerprint density at radius 2 is 1.83 bits per heavy atom.